The van der Waals surface area contributed by atoms with Gasteiger partial charge in [0.05, 0.1) is 0 Å². The number of rotatable bonds is 29. The first-order chi connectivity index (χ1) is 18.3. The second-order valence-corrected chi connectivity index (χ2v) is 12.3. The van der Waals surface area contributed by atoms with Crippen molar-refractivity contribution in [1.82, 2.24) is 10.2 Å². The molecule has 0 amide bonds. The Bertz CT molecular complexity index is 474. The summed E-state index contributed by atoms with van der Waals surface area (Å²) in [5, 5.41) is 3.55. The summed E-state index contributed by atoms with van der Waals surface area (Å²) in [6.07, 6.45) is 32.8. The van der Waals surface area contributed by atoms with E-state index in [9.17, 15) is 4.79 Å². The quantitative estimate of drug-likeness (QED) is 0.0996. The molecule has 0 aromatic heterocycles. The molecule has 1 rings (SSSR count). The Labute approximate surface area is 233 Å². The predicted molar refractivity (Wildman–Crippen MR) is 165 cm³/mol. The maximum Gasteiger partial charge on any atom is 0.132 e. The maximum atomic E-state index is 12.2. The van der Waals surface area contributed by atoms with Crippen LogP contribution in [0.4, 0.5) is 0 Å². The molecule has 3 nitrogen and oxygen atoms in total. The lowest BCUT2D eigenvalue weighted by molar-refractivity contribution is -0.119. The van der Waals surface area contributed by atoms with E-state index in [0.717, 1.165) is 31.6 Å². The van der Waals surface area contributed by atoms with Crippen LogP contribution in [0, 0.1) is 5.92 Å². The predicted octanol–water partition coefficient (Wildman–Crippen LogP) is 9.87. The fourth-order valence-corrected chi connectivity index (χ4v) is 5.94. The molecule has 1 saturated heterocycles. The Morgan fingerprint density at radius 3 is 1.43 bits per heavy atom. The molecular weight excluding hydrogens is 452 g/mol. The molecule has 1 heterocycles. The highest BCUT2D eigenvalue weighted by Gasteiger charge is 2.17. The Morgan fingerprint density at radius 1 is 0.595 bits per heavy atom. The maximum absolute atomic E-state index is 12.2. The molecule has 1 unspecified atom stereocenters. The molecule has 1 atom stereocenters. The summed E-state index contributed by atoms with van der Waals surface area (Å²) < 4.78 is 0. The van der Waals surface area contributed by atoms with Crippen molar-refractivity contribution < 1.29 is 4.79 Å². The van der Waals surface area contributed by atoms with Crippen molar-refractivity contribution in [3.8, 4) is 0 Å². The van der Waals surface area contributed by atoms with Crippen LogP contribution in [0.1, 0.15) is 174 Å². The molecule has 1 fully saturated rings. The van der Waals surface area contributed by atoms with Crippen LogP contribution in [-0.2, 0) is 4.79 Å². The second kappa shape index (κ2) is 27.2. The summed E-state index contributed by atoms with van der Waals surface area (Å²) in [5.74, 6) is 1.36. The van der Waals surface area contributed by atoms with Gasteiger partial charge < -0.3 is 10.2 Å². The SMILES string of the molecule is CCCCCCCCCCCCCCN(CCCCCC(=O)CCCCCCCCC)CC1CCNC1. The number of hydrogen-bond donors (Lipinski definition) is 1. The van der Waals surface area contributed by atoms with Crippen molar-refractivity contribution in [3.63, 3.8) is 0 Å². The third-order valence-corrected chi connectivity index (χ3v) is 8.50. The summed E-state index contributed by atoms with van der Waals surface area (Å²) >= 11 is 0. The van der Waals surface area contributed by atoms with Crippen molar-refractivity contribution in [2.24, 2.45) is 5.92 Å². The van der Waals surface area contributed by atoms with Crippen molar-refractivity contribution >= 4 is 5.78 Å². The third-order valence-electron chi connectivity index (χ3n) is 8.50. The molecule has 0 spiro atoms. The molecule has 0 saturated carbocycles. The van der Waals surface area contributed by atoms with E-state index in [1.165, 1.54) is 168 Å². The van der Waals surface area contributed by atoms with Gasteiger partial charge in [0.15, 0.2) is 0 Å². The van der Waals surface area contributed by atoms with Gasteiger partial charge in [-0.15, -0.1) is 0 Å². The minimum atomic E-state index is 0.513. The molecule has 1 aliphatic heterocycles. The van der Waals surface area contributed by atoms with E-state index in [0.29, 0.717) is 5.78 Å². The number of nitrogens with zero attached hydrogens (tertiary/aromatic N) is 1. The molecule has 37 heavy (non-hydrogen) atoms. The van der Waals surface area contributed by atoms with Gasteiger partial charge in [0.25, 0.3) is 0 Å². The fraction of sp³-hybridized carbons (Fsp3) is 0.971. The molecule has 1 aliphatic rings. The van der Waals surface area contributed by atoms with Gasteiger partial charge in [-0.3, -0.25) is 4.79 Å². The lowest BCUT2D eigenvalue weighted by Gasteiger charge is -2.25. The minimum absolute atomic E-state index is 0.513. The number of ketones is 1. The lowest BCUT2D eigenvalue weighted by atomic mass is 10.0. The highest BCUT2D eigenvalue weighted by atomic mass is 16.1. The van der Waals surface area contributed by atoms with Crippen molar-refractivity contribution in [2.45, 2.75) is 174 Å². The monoisotopic (exact) mass is 521 g/mol. The number of unbranched alkanes of at least 4 members (excludes halogenated alkanes) is 19. The number of Topliss-reactive ketones (excluding diaryl/α,β-unsaturated/α-hetero) is 1. The molecule has 0 bridgehead atoms. The van der Waals surface area contributed by atoms with E-state index in [1.54, 1.807) is 0 Å². The van der Waals surface area contributed by atoms with Crippen molar-refractivity contribution in [3.05, 3.63) is 0 Å². The van der Waals surface area contributed by atoms with Crippen LogP contribution in [0.15, 0.2) is 0 Å². The zero-order chi connectivity index (χ0) is 26.7. The first-order valence-electron chi connectivity index (χ1n) is 17.2. The van der Waals surface area contributed by atoms with Crippen LogP contribution < -0.4 is 5.32 Å². The average Bonchev–Trinajstić information content (AvgIpc) is 3.41. The van der Waals surface area contributed by atoms with E-state index in [-0.39, 0.29) is 0 Å². The molecule has 0 radical (unpaired) electrons. The minimum Gasteiger partial charge on any atom is -0.316 e. The van der Waals surface area contributed by atoms with Crippen molar-refractivity contribution in [2.75, 3.05) is 32.7 Å². The molecule has 3 heteroatoms. The second-order valence-electron chi connectivity index (χ2n) is 12.3. The highest BCUT2D eigenvalue weighted by Crippen LogP contribution is 2.15. The van der Waals surface area contributed by atoms with Gasteiger partial charge in [-0.05, 0) is 64.2 Å². The van der Waals surface area contributed by atoms with Gasteiger partial charge in [-0.2, -0.15) is 0 Å². The van der Waals surface area contributed by atoms with Gasteiger partial charge in [-0.25, -0.2) is 0 Å². The first-order valence-corrected chi connectivity index (χ1v) is 17.2. The summed E-state index contributed by atoms with van der Waals surface area (Å²) in [6, 6.07) is 0. The van der Waals surface area contributed by atoms with Crippen LogP contribution >= 0.6 is 0 Å². The smallest absolute Gasteiger partial charge is 0.132 e. The lowest BCUT2D eigenvalue weighted by Crippen LogP contribution is -2.32. The van der Waals surface area contributed by atoms with E-state index in [2.05, 4.69) is 24.1 Å². The number of carbonyl (C=O) groups is 1. The van der Waals surface area contributed by atoms with Crippen LogP contribution in [0.25, 0.3) is 0 Å². The standard InChI is InChI=1S/C34H68N2O/c1-3-5-7-9-11-12-13-14-15-17-19-23-29-36(32-33-27-28-35-31-33)30-24-20-22-26-34(37)25-21-18-16-10-8-6-4-2/h33,35H,3-32H2,1-2H3. The Hall–Kier alpha value is -0.410. The zero-order valence-corrected chi connectivity index (χ0v) is 25.6. The van der Waals surface area contributed by atoms with E-state index in [1.807, 2.05) is 0 Å². The van der Waals surface area contributed by atoms with E-state index < -0.39 is 0 Å². The summed E-state index contributed by atoms with van der Waals surface area (Å²) in [5.41, 5.74) is 0. The normalized spacial score (nSPS) is 15.7. The Balaban J connectivity index is 2.03. The summed E-state index contributed by atoms with van der Waals surface area (Å²) in [7, 11) is 0. The van der Waals surface area contributed by atoms with E-state index in [4.69, 9.17) is 0 Å². The van der Waals surface area contributed by atoms with Gasteiger partial charge >= 0.3 is 0 Å². The highest BCUT2D eigenvalue weighted by molar-refractivity contribution is 5.78. The first kappa shape index (κ1) is 34.6. The molecule has 0 aliphatic carbocycles. The van der Waals surface area contributed by atoms with Crippen LogP contribution in [-0.4, -0.2) is 43.4 Å². The Morgan fingerprint density at radius 2 is 1.00 bits per heavy atom. The van der Waals surface area contributed by atoms with Crippen molar-refractivity contribution in [1.29, 1.82) is 0 Å². The average molecular weight is 521 g/mol. The zero-order valence-electron chi connectivity index (χ0n) is 25.6. The largest absolute Gasteiger partial charge is 0.316 e. The molecule has 220 valence electrons. The van der Waals surface area contributed by atoms with Gasteiger partial charge in [-0.1, -0.05) is 129 Å². The summed E-state index contributed by atoms with van der Waals surface area (Å²) in [4.78, 5) is 15.0. The molecule has 1 N–H and O–H groups in total. The topological polar surface area (TPSA) is 32.3 Å². The molecule has 0 aromatic carbocycles. The van der Waals surface area contributed by atoms with Crippen LogP contribution in [0.3, 0.4) is 0 Å². The van der Waals surface area contributed by atoms with Gasteiger partial charge in [0.2, 0.25) is 0 Å². The number of hydrogen-bond acceptors (Lipinski definition) is 3. The Kier molecular flexibility index (Phi) is 25.4. The van der Waals surface area contributed by atoms with E-state index >= 15 is 0 Å². The number of carbonyl (C=O) groups excluding carboxylic acids is 1. The third kappa shape index (κ3) is 23.2. The fourth-order valence-electron chi connectivity index (χ4n) is 5.94. The van der Waals surface area contributed by atoms with Gasteiger partial charge in [0.1, 0.15) is 5.78 Å². The van der Waals surface area contributed by atoms with Gasteiger partial charge in [0, 0.05) is 19.4 Å². The number of nitrogens with one attached hydrogen (secondary N) is 1. The van der Waals surface area contributed by atoms with Crippen LogP contribution in [0.2, 0.25) is 0 Å². The summed E-state index contributed by atoms with van der Waals surface area (Å²) in [6.45, 7) is 10.8. The molecule has 0 aromatic rings. The molecular formula is C34H68N2O. The van der Waals surface area contributed by atoms with Crippen LogP contribution in [0.5, 0.6) is 0 Å².